The average Bonchev–Trinajstić information content (AvgIpc) is 2.95. The molecule has 0 radical (unpaired) electrons. The minimum Gasteiger partial charge on any atom is -0.481 e. The molecule has 1 aromatic rings. The summed E-state index contributed by atoms with van der Waals surface area (Å²) in [6.45, 7) is 2.61. The number of aliphatic carboxylic acids is 1. The molecule has 0 aromatic carbocycles. The molecular formula is C16H24N2O6S. The van der Waals surface area contributed by atoms with Gasteiger partial charge in [-0.2, -0.15) is 0 Å². The number of nitrogens with zero attached hydrogens (tertiary/aromatic N) is 2. The predicted octanol–water partition coefficient (Wildman–Crippen LogP) is 1.56. The molecule has 0 saturated carbocycles. The van der Waals surface area contributed by atoms with Crippen LogP contribution < -0.4 is 0 Å². The standard InChI is InChI=1S/C16H24N2O6S/c1-11-13(9-15(24-11)25(22,23)17(2)3)16(21)18-8-4-5-12(10-18)6-7-14(19)20/h9,12H,4-8,10H2,1-3H3,(H,19,20). The van der Waals surface area contributed by atoms with Crippen LogP contribution in [0.1, 0.15) is 41.8 Å². The Bertz CT molecular complexity index is 753. The van der Waals surface area contributed by atoms with Crippen molar-refractivity contribution in [2.75, 3.05) is 27.2 Å². The van der Waals surface area contributed by atoms with Crippen molar-refractivity contribution in [1.29, 1.82) is 0 Å². The lowest BCUT2D eigenvalue weighted by atomic mass is 9.93. The molecule has 2 rings (SSSR count). The summed E-state index contributed by atoms with van der Waals surface area (Å²) in [4.78, 5) is 25.1. The molecular weight excluding hydrogens is 348 g/mol. The van der Waals surface area contributed by atoms with Gasteiger partial charge in [0, 0.05) is 39.7 Å². The van der Waals surface area contributed by atoms with Crippen molar-refractivity contribution in [3.63, 3.8) is 0 Å². The van der Waals surface area contributed by atoms with Gasteiger partial charge in [0.25, 0.3) is 15.9 Å². The Kier molecular flexibility index (Phi) is 5.89. The SMILES string of the molecule is Cc1oc(S(=O)(=O)N(C)C)cc1C(=O)N1CCCC(CCC(=O)O)C1. The minimum absolute atomic E-state index is 0.0860. The highest BCUT2D eigenvalue weighted by atomic mass is 32.2. The quantitative estimate of drug-likeness (QED) is 0.812. The number of carboxylic acids is 1. The lowest BCUT2D eigenvalue weighted by Crippen LogP contribution is -2.40. The van der Waals surface area contributed by atoms with Gasteiger partial charge < -0.3 is 14.4 Å². The summed E-state index contributed by atoms with van der Waals surface area (Å²) < 4.78 is 30.6. The van der Waals surface area contributed by atoms with Crippen LogP contribution >= 0.6 is 0 Å². The van der Waals surface area contributed by atoms with Crippen molar-refractivity contribution in [3.8, 4) is 0 Å². The molecule has 0 bridgehead atoms. The Balaban J connectivity index is 2.15. The van der Waals surface area contributed by atoms with E-state index in [1.807, 2.05) is 0 Å². The number of hydrogen-bond donors (Lipinski definition) is 1. The van der Waals surface area contributed by atoms with E-state index < -0.39 is 16.0 Å². The van der Waals surface area contributed by atoms with Gasteiger partial charge in [-0.1, -0.05) is 0 Å². The van der Waals surface area contributed by atoms with Gasteiger partial charge in [0.05, 0.1) is 5.56 Å². The molecule has 1 amide bonds. The fourth-order valence-electron chi connectivity index (χ4n) is 2.96. The number of amides is 1. The third kappa shape index (κ3) is 4.40. The molecule has 1 saturated heterocycles. The molecule has 2 heterocycles. The first-order chi connectivity index (χ1) is 11.6. The highest BCUT2D eigenvalue weighted by molar-refractivity contribution is 7.88. The maximum Gasteiger partial charge on any atom is 0.303 e. The van der Waals surface area contributed by atoms with Crippen molar-refractivity contribution in [1.82, 2.24) is 9.21 Å². The molecule has 0 aliphatic carbocycles. The Morgan fingerprint density at radius 2 is 2.08 bits per heavy atom. The molecule has 1 atom stereocenters. The van der Waals surface area contributed by atoms with Crippen molar-refractivity contribution in [2.24, 2.45) is 5.92 Å². The number of rotatable bonds is 6. The van der Waals surface area contributed by atoms with Crippen LogP contribution in [0.2, 0.25) is 0 Å². The smallest absolute Gasteiger partial charge is 0.303 e. The topological polar surface area (TPSA) is 108 Å². The van der Waals surface area contributed by atoms with Gasteiger partial charge >= 0.3 is 5.97 Å². The Morgan fingerprint density at radius 3 is 2.68 bits per heavy atom. The Morgan fingerprint density at radius 1 is 1.40 bits per heavy atom. The first kappa shape index (κ1) is 19.5. The van der Waals surface area contributed by atoms with Gasteiger partial charge in [0.2, 0.25) is 5.09 Å². The Labute approximate surface area is 147 Å². The molecule has 1 fully saturated rings. The van der Waals surface area contributed by atoms with Crippen LogP contribution in [0.25, 0.3) is 0 Å². The number of carboxylic acid groups (broad SMARTS) is 1. The largest absolute Gasteiger partial charge is 0.481 e. The number of aryl methyl sites for hydroxylation is 1. The molecule has 1 aromatic heterocycles. The maximum atomic E-state index is 12.8. The number of carbonyl (C=O) groups excluding carboxylic acids is 1. The lowest BCUT2D eigenvalue weighted by Gasteiger charge is -2.32. The molecule has 1 unspecified atom stereocenters. The normalized spacial score (nSPS) is 18.6. The second-order valence-electron chi connectivity index (χ2n) is 6.51. The van der Waals surface area contributed by atoms with Crippen LogP contribution in [0.15, 0.2) is 15.6 Å². The fraction of sp³-hybridized carbons (Fsp3) is 0.625. The maximum absolute atomic E-state index is 12.8. The van der Waals surface area contributed by atoms with Crippen LogP contribution in [0.5, 0.6) is 0 Å². The van der Waals surface area contributed by atoms with Crippen LogP contribution in [0.4, 0.5) is 0 Å². The van der Waals surface area contributed by atoms with Crippen molar-refractivity contribution < 1.29 is 27.5 Å². The molecule has 9 heteroatoms. The van der Waals surface area contributed by atoms with E-state index in [1.54, 1.807) is 11.8 Å². The van der Waals surface area contributed by atoms with Crippen LogP contribution in [0.3, 0.4) is 0 Å². The molecule has 25 heavy (non-hydrogen) atoms. The fourth-order valence-corrected chi connectivity index (χ4v) is 3.81. The highest BCUT2D eigenvalue weighted by Gasteiger charge is 2.30. The third-order valence-electron chi connectivity index (χ3n) is 4.43. The predicted molar refractivity (Wildman–Crippen MR) is 89.8 cm³/mol. The summed E-state index contributed by atoms with van der Waals surface area (Å²) in [6, 6.07) is 1.27. The van der Waals surface area contributed by atoms with E-state index in [1.165, 1.54) is 20.2 Å². The third-order valence-corrected chi connectivity index (χ3v) is 6.10. The van der Waals surface area contributed by atoms with Gasteiger partial charge in [0.1, 0.15) is 5.76 Å². The number of piperidine rings is 1. The number of carbonyl (C=O) groups is 2. The van der Waals surface area contributed by atoms with Crippen LogP contribution in [0, 0.1) is 12.8 Å². The molecule has 1 aliphatic rings. The first-order valence-corrected chi connectivity index (χ1v) is 9.61. The number of furan rings is 1. The molecule has 1 N–H and O–H groups in total. The summed E-state index contributed by atoms with van der Waals surface area (Å²) in [7, 11) is -0.951. The lowest BCUT2D eigenvalue weighted by molar-refractivity contribution is -0.137. The minimum atomic E-state index is -3.74. The van der Waals surface area contributed by atoms with Gasteiger partial charge in [-0.15, -0.1) is 0 Å². The summed E-state index contributed by atoms with van der Waals surface area (Å²) in [5.74, 6) is -0.710. The van der Waals surface area contributed by atoms with Gasteiger partial charge in [0.15, 0.2) is 0 Å². The van der Waals surface area contributed by atoms with E-state index >= 15 is 0 Å². The van der Waals surface area contributed by atoms with E-state index in [4.69, 9.17) is 9.52 Å². The number of hydrogen-bond acceptors (Lipinski definition) is 5. The monoisotopic (exact) mass is 372 g/mol. The zero-order valence-electron chi connectivity index (χ0n) is 14.7. The van der Waals surface area contributed by atoms with Crippen molar-refractivity contribution in [2.45, 2.75) is 37.7 Å². The highest BCUT2D eigenvalue weighted by Crippen LogP contribution is 2.26. The second-order valence-corrected chi connectivity index (χ2v) is 8.60. The van der Waals surface area contributed by atoms with Crippen LogP contribution in [-0.2, 0) is 14.8 Å². The molecule has 0 spiro atoms. The summed E-state index contributed by atoms with van der Waals surface area (Å²) >= 11 is 0. The summed E-state index contributed by atoms with van der Waals surface area (Å²) in [5, 5.41) is 8.55. The van der Waals surface area contributed by atoms with Crippen molar-refractivity contribution >= 4 is 21.9 Å². The second kappa shape index (κ2) is 7.57. The van der Waals surface area contributed by atoms with E-state index in [9.17, 15) is 18.0 Å². The first-order valence-electron chi connectivity index (χ1n) is 8.17. The van der Waals surface area contributed by atoms with Crippen molar-refractivity contribution in [3.05, 3.63) is 17.4 Å². The summed E-state index contributed by atoms with van der Waals surface area (Å²) in [6.07, 6.45) is 2.31. The van der Waals surface area contributed by atoms with E-state index in [0.717, 1.165) is 17.1 Å². The molecule has 140 valence electrons. The number of likely N-dealkylation sites (tertiary alicyclic amines) is 1. The molecule has 8 nitrogen and oxygen atoms in total. The van der Waals surface area contributed by atoms with Crippen LogP contribution in [-0.4, -0.2) is 61.8 Å². The van der Waals surface area contributed by atoms with E-state index in [2.05, 4.69) is 0 Å². The van der Waals surface area contributed by atoms with Gasteiger partial charge in [-0.05, 0) is 32.1 Å². The van der Waals surface area contributed by atoms with E-state index in [0.29, 0.717) is 19.5 Å². The average molecular weight is 372 g/mol. The zero-order chi connectivity index (χ0) is 18.8. The number of sulfonamides is 1. The zero-order valence-corrected chi connectivity index (χ0v) is 15.5. The van der Waals surface area contributed by atoms with E-state index in [-0.39, 0.29) is 34.7 Å². The van der Waals surface area contributed by atoms with Gasteiger partial charge in [-0.3, -0.25) is 9.59 Å². The van der Waals surface area contributed by atoms with Gasteiger partial charge in [-0.25, -0.2) is 12.7 Å². The molecule has 1 aliphatic heterocycles. The Hall–Kier alpha value is -1.87. The summed E-state index contributed by atoms with van der Waals surface area (Å²) in [5.41, 5.74) is 0.235.